The summed E-state index contributed by atoms with van der Waals surface area (Å²) in [5.74, 6) is 0.615. The molecule has 3 unspecified atom stereocenters. The van der Waals surface area contributed by atoms with Crippen molar-refractivity contribution in [3.05, 3.63) is 35.9 Å². The number of hydrogen-bond donors (Lipinski definition) is 1. The van der Waals surface area contributed by atoms with Crippen molar-refractivity contribution in [2.45, 2.75) is 45.2 Å². The lowest BCUT2D eigenvalue weighted by atomic mass is 9.98. The minimum Gasteiger partial charge on any atom is -0.311 e. The molecule has 3 atom stereocenters. The first-order valence-corrected chi connectivity index (χ1v) is 7.23. The second-order valence-electron chi connectivity index (χ2n) is 5.63. The van der Waals surface area contributed by atoms with Crippen LogP contribution in [0.5, 0.6) is 0 Å². The molecule has 1 N–H and O–H groups in total. The predicted octanol–water partition coefficient (Wildman–Crippen LogP) is 2.86. The van der Waals surface area contributed by atoms with Crippen LogP contribution < -0.4 is 5.32 Å². The van der Waals surface area contributed by atoms with Gasteiger partial charge in [0.05, 0.1) is 0 Å². The monoisotopic (exact) mass is 246 g/mol. The van der Waals surface area contributed by atoms with Gasteiger partial charge in [0.1, 0.15) is 0 Å². The van der Waals surface area contributed by atoms with Crippen LogP contribution in [0.15, 0.2) is 30.3 Å². The largest absolute Gasteiger partial charge is 0.311 e. The molecule has 2 heteroatoms. The van der Waals surface area contributed by atoms with Gasteiger partial charge in [-0.1, -0.05) is 44.2 Å². The van der Waals surface area contributed by atoms with E-state index >= 15 is 0 Å². The summed E-state index contributed by atoms with van der Waals surface area (Å²) in [6.45, 7) is 10.4. The van der Waals surface area contributed by atoms with Crippen molar-refractivity contribution in [3.63, 3.8) is 0 Å². The van der Waals surface area contributed by atoms with Crippen molar-refractivity contribution in [2.75, 3.05) is 19.6 Å². The lowest BCUT2D eigenvalue weighted by molar-refractivity contribution is 0.133. The first-order valence-electron chi connectivity index (χ1n) is 7.23. The third-order valence-corrected chi connectivity index (χ3v) is 4.15. The number of piperazine rings is 1. The first-order chi connectivity index (χ1) is 8.70. The van der Waals surface area contributed by atoms with E-state index in [1.54, 1.807) is 0 Å². The summed E-state index contributed by atoms with van der Waals surface area (Å²) >= 11 is 0. The van der Waals surface area contributed by atoms with Crippen LogP contribution in [0.2, 0.25) is 0 Å². The number of nitrogens with one attached hydrogen (secondary N) is 1. The van der Waals surface area contributed by atoms with Crippen LogP contribution in [0, 0.1) is 0 Å². The van der Waals surface area contributed by atoms with E-state index in [2.05, 4.69) is 61.3 Å². The van der Waals surface area contributed by atoms with Crippen molar-refractivity contribution in [3.8, 4) is 0 Å². The van der Waals surface area contributed by atoms with E-state index in [1.807, 2.05) is 0 Å². The van der Waals surface area contributed by atoms with Crippen LogP contribution in [0.4, 0.5) is 0 Å². The third kappa shape index (κ3) is 3.33. The van der Waals surface area contributed by atoms with Crippen LogP contribution in [-0.4, -0.2) is 36.6 Å². The van der Waals surface area contributed by atoms with E-state index in [4.69, 9.17) is 0 Å². The van der Waals surface area contributed by atoms with E-state index in [0.717, 1.165) is 6.54 Å². The standard InChI is InChI=1S/C16H26N2/c1-4-16-12-18(14(3)10-17-16)11-13(2)15-8-6-5-7-9-15/h5-9,13-14,16-17H,4,10-12H2,1-3H3. The molecular formula is C16H26N2. The second kappa shape index (κ2) is 6.35. The lowest BCUT2D eigenvalue weighted by Gasteiger charge is -2.40. The average molecular weight is 246 g/mol. The summed E-state index contributed by atoms with van der Waals surface area (Å²) in [6, 6.07) is 12.2. The smallest absolute Gasteiger partial charge is 0.0193 e. The van der Waals surface area contributed by atoms with Gasteiger partial charge in [-0.2, -0.15) is 0 Å². The Morgan fingerprint density at radius 2 is 2.06 bits per heavy atom. The SMILES string of the molecule is CCC1CN(CC(C)c2ccccc2)C(C)CN1. The van der Waals surface area contributed by atoms with Crippen LogP contribution >= 0.6 is 0 Å². The zero-order valence-corrected chi connectivity index (χ0v) is 11.9. The number of nitrogens with zero attached hydrogens (tertiary/aromatic N) is 1. The fraction of sp³-hybridized carbons (Fsp3) is 0.625. The molecule has 0 radical (unpaired) electrons. The first kappa shape index (κ1) is 13.6. The van der Waals surface area contributed by atoms with Gasteiger partial charge >= 0.3 is 0 Å². The Morgan fingerprint density at radius 1 is 1.33 bits per heavy atom. The number of rotatable bonds is 4. The van der Waals surface area contributed by atoms with E-state index in [1.165, 1.54) is 25.1 Å². The summed E-state index contributed by atoms with van der Waals surface area (Å²) in [4.78, 5) is 2.64. The Morgan fingerprint density at radius 3 is 2.72 bits per heavy atom. The molecule has 0 aliphatic carbocycles. The maximum absolute atomic E-state index is 3.62. The summed E-state index contributed by atoms with van der Waals surface area (Å²) in [5, 5.41) is 3.62. The molecule has 0 spiro atoms. The summed E-state index contributed by atoms with van der Waals surface area (Å²) in [6.07, 6.45) is 1.23. The zero-order valence-electron chi connectivity index (χ0n) is 11.9. The molecule has 0 bridgehead atoms. The molecule has 1 aromatic rings. The van der Waals surface area contributed by atoms with Crippen LogP contribution in [0.25, 0.3) is 0 Å². The van der Waals surface area contributed by atoms with Crippen molar-refractivity contribution in [1.82, 2.24) is 10.2 Å². The molecule has 0 saturated carbocycles. The quantitative estimate of drug-likeness (QED) is 0.879. The van der Waals surface area contributed by atoms with Crippen LogP contribution in [0.3, 0.4) is 0 Å². The molecule has 1 heterocycles. The van der Waals surface area contributed by atoms with E-state index in [0.29, 0.717) is 18.0 Å². The fourth-order valence-electron chi connectivity index (χ4n) is 2.76. The zero-order chi connectivity index (χ0) is 13.0. The molecule has 1 aliphatic heterocycles. The number of benzene rings is 1. The molecule has 0 aromatic heterocycles. The normalized spacial score (nSPS) is 27.1. The highest BCUT2D eigenvalue weighted by Crippen LogP contribution is 2.19. The molecule has 1 saturated heterocycles. The molecule has 100 valence electrons. The Hall–Kier alpha value is -0.860. The van der Waals surface area contributed by atoms with Gasteiger partial charge in [-0.25, -0.2) is 0 Å². The Balaban J connectivity index is 1.95. The van der Waals surface area contributed by atoms with Gasteiger partial charge in [-0.15, -0.1) is 0 Å². The second-order valence-corrected chi connectivity index (χ2v) is 5.63. The third-order valence-electron chi connectivity index (χ3n) is 4.15. The molecule has 2 nitrogen and oxygen atoms in total. The van der Waals surface area contributed by atoms with Crippen molar-refractivity contribution in [1.29, 1.82) is 0 Å². The summed E-state index contributed by atoms with van der Waals surface area (Å²) in [5.41, 5.74) is 1.45. The van der Waals surface area contributed by atoms with E-state index < -0.39 is 0 Å². The molecular weight excluding hydrogens is 220 g/mol. The molecule has 1 aliphatic rings. The van der Waals surface area contributed by atoms with Crippen molar-refractivity contribution < 1.29 is 0 Å². The van der Waals surface area contributed by atoms with E-state index in [-0.39, 0.29) is 0 Å². The topological polar surface area (TPSA) is 15.3 Å². The summed E-state index contributed by atoms with van der Waals surface area (Å²) in [7, 11) is 0. The van der Waals surface area contributed by atoms with Gasteiger partial charge in [0.15, 0.2) is 0 Å². The molecule has 1 aromatic carbocycles. The van der Waals surface area contributed by atoms with E-state index in [9.17, 15) is 0 Å². The Kier molecular flexibility index (Phi) is 4.79. The highest BCUT2D eigenvalue weighted by atomic mass is 15.2. The summed E-state index contributed by atoms with van der Waals surface area (Å²) < 4.78 is 0. The van der Waals surface area contributed by atoms with Gasteiger partial charge in [-0.05, 0) is 24.8 Å². The maximum Gasteiger partial charge on any atom is 0.0193 e. The van der Waals surface area contributed by atoms with Gasteiger partial charge in [-0.3, -0.25) is 4.90 Å². The number of hydrogen-bond acceptors (Lipinski definition) is 2. The molecule has 0 amide bonds. The average Bonchev–Trinajstić information content (AvgIpc) is 2.42. The predicted molar refractivity (Wildman–Crippen MR) is 78.0 cm³/mol. The van der Waals surface area contributed by atoms with Crippen LogP contribution in [-0.2, 0) is 0 Å². The Labute approximate surface area is 111 Å². The molecule has 1 fully saturated rings. The van der Waals surface area contributed by atoms with Gasteiger partial charge in [0, 0.05) is 31.7 Å². The van der Waals surface area contributed by atoms with Crippen molar-refractivity contribution in [2.24, 2.45) is 0 Å². The highest BCUT2D eigenvalue weighted by molar-refractivity contribution is 5.19. The van der Waals surface area contributed by atoms with Crippen LogP contribution in [0.1, 0.15) is 38.7 Å². The molecule has 2 rings (SSSR count). The molecule has 18 heavy (non-hydrogen) atoms. The maximum atomic E-state index is 3.62. The van der Waals surface area contributed by atoms with Gasteiger partial charge < -0.3 is 5.32 Å². The Bertz CT molecular complexity index is 349. The minimum absolute atomic E-state index is 0.615. The minimum atomic E-state index is 0.615. The highest BCUT2D eigenvalue weighted by Gasteiger charge is 2.25. The van der Waals surface area contributed by atoms with Crippen molar-refractivity contribution >= 4 is 0 Å². The van der Waals surface area contributed by atoms with Gasteiger partial charge in [0.2, 0.25) is 0 Å². The lowest BCUT2D eigenvalue weighted by Crippen LogP contribution is -2.55. The van der Waals surface area contributed by atoms with Gasteiger partial charge in [0.25, 0.3) is 0 Å². The fourth-order valence-corrected chi connectivity index (χ4v) is 2.76.